The molecule has 72 heavy (non-hydrogen) atoms. The number of ether oxygens (including phenoxy) is 11. The zero-order valence-electron chi connectivity index (χ0n) is 41.4. The predicted molar refractivity (Wildman–Crippen MR) is 244 cm³/mol. The van der Waals surface area contributed by atoms with E-state index in [9.17, 15) is 60.7 Å². The highest BCUT2D eigenvalue weighted by Crippen LogP contribution is 2.47. The lowest BCUT2D eigenvalue weighted by Crippen LogP contribution is -2.58. The van der Waals surface area contributed by atoms with E-state index >= 15 is 0 Å². The van der Waals surface area contributed by atoms with Crippen molar-refractivity contribution in [3.8, 4) is 17.2 Å². The van der Waals surface area contributed by atoms with Gasteiger partial charge in [-0.3, -0.25) is 4.79 Å². The van der Waals surface area contributed by atoms with Crippen LogP contribution in [0.4, 0.5) is 0 Å². The molecule has 5 aliphatic heterocycles. The number of Topliss-reactive ketones (excluding diaryl/α,β-unsaturated/α-hetero) is 1. The Bertz CT molecular complexity index is 2250. The van der Waals surface area contributed by atoms with Crippen LogP contribution < -0.4 is 4.74 Å². The molecular formula is C49H70O23. The van der Waals surface area contributed by atoms with E-state index in [0.717, 1.165) is 0 Å². The summed E-state index contributed by atoms with van der Waals surface area (Å²) in [5.74, 6) is -4.37. The number of aromatic hydroxyl groups is 2. The molecule has 5 heterocycles. The standard InChI is InChI=1S/C49H70O23/c1-17-27(68-32-13-28(40(53)19(3)64-32)69-31-12-26(50)39(52)18(2)63-31)11-24-9-23-10-25(46(62-8)48(59)60)45(44(57)37(23)43(56)36(24)38(17)51)72-34-15-29(41(54)21(5)66-34)70-33-14-30(42(55)20(4)65-33)71-35-16-49(7,61)47(58)22(6)67-35/h9,11,18-22,25-26,28-35,39-42,45-47,50-56,58,61H,10,12-16H2,1-8H3,(H,59,60)/t18?,19?,20?,21?,22?,25-,26?,28?,29?,30?,31?,32?,33?,34?,35?,39?,40?,41?,42?,45+,46+,47?,49?/m1/s1. The number of aliphatic hydroxyl groups is 7. The average Bonchev–Trinajstić information content (AvgIpc) is 3.29. The van der Waals surface area contributed by atoms with Crippen LogP contribution in [0.1, 0.15) is 95.1 Å². The summed E-state index contributed by atoms with van der Waals surface area (Å²) in [4.78, 5) is 27.5. The van der Waals surface area contributed by atoms with E-state index in [1.165, 1.54) is 33.1 Å². The van der Waals surface area contributed by atoms with E-state index in [2.05, 4.69) is 0 Å². The maximum Gasteiger partial charge on any atom is 0.333 e. The maximum atomic E-state index is 14.7. The third-order valence-corrected chi connectivity index (χ3v) is 15.1. The van der Waals surface area contributed by atoms with Crippen molar-refractivity contribution in [1.29, 1.82) is 0 Å². The summed E-state index contributed by atoms with van der Waals surface area (Å²) in [7, 11) is 1.17. The van der Waals surface area contributed by atoms with Gasteiger partial charge in [0.05, 0.1) is 71.5 Å². The quantitative estimate of drug-likeness (QED) is 0.131. The van der Waals surface area contributed by atoms with Crippen molar-refractivity contribution >= 4 is 22.5 Å². The van der Waals surface area contributed by atoms with Crippen molar-refractivity contribution < 1.29 is 113 Å². The Hall–Kier alpha value is -3.44. The van der Waals surface area contributed by atoms with E-state index in [-0.39, 0.29) is 71.7 Å². The molecule has 404 valence electrons. The van der Waals surface area contributed by atoms with Gasteiger partial charge in [-0.1, -0.05) is 0 Å². The summed E-state index contributed by atoms with van der Waals surface area (Å²) in [5.41, 5.74) is -1.39. The van der Waals surface area contributed by atoms with E-state index in [1.54, 1.807) is 34.6 Å². The highest BCUT2D eigenvalue weighted by Gasteiger charge is 2.51. The van der Waals surface area contributed by atoms with Gasteiger partial charge < -0.3 is 103 Å². The summed E-state index contributed by atoms with van der Waals surface area (Å²) >= 11 is 0. The molecule has 23 atom stereocenters. The van der Waals surface area contributed by atoms with Gasteiger partial charge in [-0.2, -0.15) is 0 Å². The first kappa shape index (κ1) is 54.8. The number of carbonyl (C=O) groups is 2. The van der Waals surface area contributed by atoms with Gasteiger partial charge in [-0.25, -0.2) is 4.79 Å². The SMILES string of the molecule is CO[C@H](C(=O)O)[C@@H]1Cc2cc3cc(OC4CC(OC5CC(O)C(O)C(C)O5)C(O)C(C)O4)c(C)c(O)c3c(O)c2C(=O)[C@H]1OC1CC(OC2CC(OC3CC(C)(O)C(O)C(C)O3)C(O)C(C)O2)C(O)C(C)O1. The summed E-state index contributed by atoms with van der Waals surface area (Å²) < 4.78 is 65.9. The lowest BCUT2D eigenvalue weighted by molar-refractivity contribution is -0.334. The molecule has 0 radical (unpaired) electrons. The molecule has 23 nitrogen and oxygen atoms in total. The van der Waals surface area contributed by atoms with Crippen molar-refractivity contribution in [2.45, 2.75) is 222 Å². The molecule has 23 heteroatoms. The van der Waals surface area contributed by atoms with Crippen molar-refractivity contribution in [3.05, 3.63) is 28.8 Å². The number of hydrogen-bond acceptors (Lipinski definition) is 22. The fraction of sp³-hybridized carbons (Fsp3) is 0.755. The Labute approximate surface area is 415 Å². The largest absolute Gasteiger partial charge is 0.507 e. The minimum absolute atomic E-state index is 0.0197. The number of carbonyl (C=O) groups excluding carboxylic acids is 1. The monoisotopic (exact) mass is 1030 g/mol. The van der Waals surface area contributed by atoms with Crippen molar-refractivity contribution in [2.75, 3.05) is 7.11 Å². The first-order valence-corrected chi connectivity index (χ1v) is 24.5. The molecule has 1 aliphatic carbocycles. The topological polar surface area (TPSA) is 338 Å². The van der Waals surface area contributed by atoms with Gasteiger partial charge in [0.25, 0.3) is 0 Å². The van der Waals surface area contributed by atoms with Crippen LogP contribution in [0.15, 0.2) is 12.1 Å². The molecule has 20 unspecified atom stereocenters. The Morgan fingerprint density at radius 3 is 1.69 bits per heavy atom. The van der Waals surface area contributed by atoms with Gasteiger partial charge in [-0.05, 0) is 78.0 Å². The van der Waals surface area contributed by atoms with E-state index in [4.69, 9.17) is 52.1 Å². The first-order chi connectivity index (χ1) is 33.9. The molecular weight excluding hydrogens is 957 g/mol. The number of methoxy groups -OCH3 is 1. The van der Waals surface area contributed by atoms with Crippen LogP contribution in [-0.4, -0.2) is 205 Å². The number of carboxylic acid groups (broad SMARTS) is 1. The average molecular weight is 1030 g/mol. The molecule has 0 aromatic heterocycles. The normalized spacial score (nSPS) is 43.3. The molecule has 0 spiro atoms. The minimum atomic E-state index is -1.61. The van der Waals surface area contributed by atoms with Crippen molar-refractivity contribution in [1.82, 2.24) is 0 Å². The molecule has 5 fully saturated rings. The number of aliphatic carboxylic acids is 1. The second kappa shape index (κ2) is 21.7. The zero-order valence-corrected chi connectivity index (χ0v) is 41.4. The van der Waals surface area contributed by atoms with Crippen molar-refractivity contribution in [3.63, 3.8) is 0 Å². The third-order valence-electron chi connectivity index (χ3n) is 15.1. The lowest BCUT2D eigenvalue weighted by atomic mass is 9.76. The van der Waals surface area contributed by atoms with Gasteiger partial charge in [0, 0.05) is 50.7 Å². The second-order valence-corrected chi connectivity index (χ2v) is 20.5. The van der Waals surface area contributed by atoms with Crippen LogP contribution in [0.3, 0.4) is 0 Å². The van der Waals surface area contributed by atoms with Crippen LogP contribution in [0.5, 0.6) is 17.2 Å². The van der Waals surface area contributed by atoms with Crippen LogP contribution in [-0.2, 0) is 58.6 Å². The van der Waals surface area contributed by atoms with Gasteiger partial charge in [0.2, 0.25) is 6.29 Å². The number of rotatable bonds is 13. The Morgan fingerprint density at radius 1 is 0.681 bits per heavy atom. The minimum Gasteiger partial charge on any atom is -0.507 e. The Kier molecular flexibility index (Phi) is 16.5. The van der Waals surface area contributed by atoms with Gasteiger partial charge >= 0.3 is 5.97 Å². The first-order valence-electron chi connectivity index (χ1n) is 24.5. The van der Waals surface area contributed by atoms with Crippen LogP contribution in [0.25, 0.3) is 10.8 Å². The number of aliphatic hydroxyl groups excluding tert-OH is 6. The molecule has 2 aromatic carbocycles. The van der Waals surface area contributed by atoms with E-state index < -0.39 is 164 Å². The molecule has 8 rings (SSSR count). The van der Waals surface area contributed by atoms with Crippen LogP contribution in [0, 0.1) is 12.8 Å². The number of hydrogen-bond donors (Lipinski definition) is 10. The van der Waals surface area contributed by atoms with E-state index in [1.807, 2.05) is 0 Å². The number of ketones is 1. The Morgan fingerprint density at radius 2 is 1.17 bits per heavy atom. The Balaban J connectivity index is 1.01. The predicted octanol–water partition coefficient (Wildman–Crippen LogP) is 0.525. The number of phenols is 2. The molecule has 6 aliphatic rings. The third kappa shape index (κ3) is 11.0. The molecule has 0 saturated carbocycles. The highest BCUT2D eigenvalue weighted by molar-refractivity contribution is 6.11. The number of fused-ring (bicyclic) bond motifs is 2. The number of carboxylic acids is 1. The maximum absolute atomic E-state index is 14.7. The number of benzene rings is 2. The fourth-order valence-corrected chi connectivity index (χ4v) is 10.9. The summed E-state index contributed by atoms with van der Waals surface area (Å²) in [6.07, 6.45) is -23.0. The summed E-state index contributed by atoms with van der Waals surface area (Å²) in [6.45, 7) is 10.9. The highest BCUT2D eigenvalue weighted by atomic mass is 16.7. The number of phenolic OH excluding ortho intramolecular Hbond substituents is 2. The fourth-order valence-electron chi connectivity index (χ4n) is 10.9. The van der Waals surface area contributed by atoms with Crippen LogP contribution in [0.2, 0.25) is 0 Å². The smallest absolute Gasteiger partial charge is 0.333 e. The van der Waals surface area contributed by atoms with E-state index in [0.29, 0.717) is 0 Å². The van der Waals surface area contributed by atoms with Gasteiger partial charge in [0.1, 0.15) is 53.9 Å². The summed E-state index contributed by atoms with van der Waals surface area (Å²) in [5, 5.41) is 109. The van der Waals surface area contributed by atoms with Crippen molar-refractivity contribution in [2.24, 2.45) is 5.92 Å². The van der Waals surface area contributed by atoms with Gasteiger partial charge in [0.15, 0.2) is 37.0 Å². The van der Waals surface area contributed by atoms with Crippen LogP contribution >= 0.6 is 0 Å². The molecule has 5 saturated heterocycles. The second-order valence-electron chi connectivity index (χ2n) is 20.5. The molecule has 2 aromatic rings. The molecule has 0 bridgehead atoms. The molecule has 10 N–H and O–H groups in total. The molecule has 0 amide bonds. The summed E-state index contributed by atoms with van der Waals surface area (Å²) in [6, 6.07) is 3.05. The van der Waals surface area contributed by atoms with Gasteiger partial charge in [-0.15, -0.1) is 0 Å². The lowest BCUT2D eigenvalue weighted by Gasteiger charge is -2.46. The zero-order chi connectivity index (χ0) is 52.4.